The summed E-state index contributed by atoms with van der Waals surface area (Å²) >= 11 is 0. The van der Waals surface area contributed by atoms with Crippen molar-refractivity contribution in [3.8, 4) is 0 Å². The van der Waals surface area contributed by atoms with E-state index in [-0.39, 0.29) is 29.7 Å². The Labute approximate surface area is 172 Å². The average molecular weight is 443 g/mol. The second kappa shape index (κ2) is 9.15. The molecule has 162 valence electrons. The minimum atomic E-state index is -4.43. The lowest BCUT2D eigenvalue weighted by Gasteiger charge is -2.12. The molecule has 0 radical (unpaired) electrons. The van der Waals surface area contributed by atoms with E-state index >= 15 is 0 Å². The van der Waals surface area contributed by atoms with E-state index in [4.69, 9.17) is 9.47 Å². The van der Waals surface area contributed by atoms with Crippen LogP contribution in [0.1, 0.15) is 34.3 Å². The Hall–Kier alpha value is -2.43. The number of carbonyl (C=O) groups excluding carboxylic acids is 1. The summed E-state index contributed by atoms with van der Waals surface area (Å²) in [5, 5.41) is 0. The first-order chi connectivity index (χ1) is 14.1. The van der Waals surface area contributed by atoms with Crippen molar-refractivity contribution in [2.24, 2.45) is 0 Å². The largest absolute Gasteiger partial charge is 0.457 e. The number of hydrogen-bond acceptors (Lipinski definition) is 5. The maximum absolute atomic E-state index is 12.6. The lowest BCUT2D eigenvalue weighted by atomic mass is 10.1. The van der Waals surface area contributed by atoms with Crippen LogP contribution in [0.15, 0.2) is 53.4 Å². The van der Waals surface area contributed by atoms with Gasteiger partial charge in [0.1, 0.15) is 6.61 Å². The minimum Gasteiger partial charge on any atom is -0.457 e. The first-order valence-corrected chi connectivity index (χ1v) is 10.7. The smallest absolute Gasteiger partial charge is 0.416 e. The van der Waals surface area contributed by atoms with Crippen molar-refractivity contribution < 1.29 is 35.9 Å². The van der Waals surface area contributed by atoms with Gasteiger partial charge in [0.25, 0.3) is 0 Å². The molecule has 0 aliphatic carbocycles. The predicted octanol–water partition coefficient (Wildman–Crippen LogP) is 3.52. The third-order valence-corrected chi connectivity index (χ3v) is 6.02. The Morgan fingerprint density at radius 1 is 1.10 bits per heavy atom. The van der Waals surface area contributed by atoms with E-state index in [1.54, 1.807) is 0 Å². The van der Waals surface area contributed by atoms with Crippen LogP contribution >= 0.6 is 0 Å². The van der Waals surface area contributed by atoms with Crippen LogP contribution < -0.4 is 4.72 Å². The van der Waals surface area contributed by atoms with Crippen molar-refractivity contribution in [1.82, 2.24) is 4.72 Å². The normalized spacial score (nSPS) is 17.1. The van der Waals surface area contributed by atoms with Gasteiger partial charge in [0, 0.05) is 13.2 Å². The van der Waals surface area contributed by atoms with E-state index < -0.39 is 27.7 Å². The molecule has 1 N–H and O–H groups in total. The molecule has 1 unspecified atom stereocenters. The second-order valence-electron chi connectivity index (χ2n) is 6.78. The predicted molar refractivity (Wildman–Crippen MR) is 101 cm³/mol. The van der Waals surface area contributed by atoms with E-state index in [0.29, 0.717) is 12.2 Å². The molecule has 2 aromatic rings. The first kappa shape index (κ1) is 22.3. The SMILES string of the molecule is O=C(OCc1ccc(C(F)(F)F)cc1)c1ccc(S(=O)(=O)NCC2CCCO2)cc1. The maximum Gasteiger partial charge on any atom is 0.416 e. The first-order valence-electron chi connectivity index (χ1n) is 9.20. The lowest BCUT2D eigenvalue weighted by Crippen LogP contribution is -2.31. The van der Waals surface area contributed by atoms with Gasteiger partial charge in [-0.25, -0.2) is 17.9 Å². The van der Waals surface area contributed by atoms with Crippen LogP contribution in [0.2, 0.25) is 0 Å². The van der Waals surface area contributed by atoms with Gasteiger partial charge in [0.15, 0.2) is 0 Å². The molecule has 1 saturated heterocycles. The number of esters is 1. The standard InChI is InChI=1S/C20H20F3NO5S/c21-20(22,23)16-7-3-14(4-8-16)13-29-19(25)15-5-9-18(10-6-15)30(26,27)24-12-17-2-1-11-28-17/h3-10,17,24H,1-2,11-13H2. The molecule has 1 atom stereocenters. The molecule has 1 heterocycles. The molecule has 10 heteroatoms. The van der Waals surface area contributed by atoms with Crippen molar-refractivity contribution in [3.05, 3.63) is 65.2 Å². The number of alkyl halides is 3. The summed E-state index contributed by atoms with van der Waals surface area (Å²) in [6, 6.07) is 9.47. The van der Waals surface area contributed by atoms with Gasteiger partial charge in [-0.1, -0.05) is 12.1 Å². The minimum absolute atomic E-state index is 0.000198. The Balaban J connectivity index is 1.55. The van der Waals surface area contributed by atoms with E-state index in [9.17, 15) is 26.4 Å². The summed E-state index contributed by atoms with van der Waals surface area (Å²) < 4.78 is 75.2. The Morgan fingerprint density at radius 3 is 2.33 bits per heavy atom. The molecule has 0 amide bonds. The fourth-order valence-corrected chi connectivity index (χ4v) is 3.95. The molecule has 1 aliphatic rings. The average Bonchev–Trinajstić information content (AvgIpc) is 3.24. The van der Waals surface area contributed by atoms with Gasteiger partial charge in [0.2, 0.25) is 10.0 Å². The van der Waals surface area contributed by atoms with Crippen molar-refractivity contribution in [3.63, 3.8) is 0 Å². The summed E-state index contributed by atoms with van der Waals surface area (Å²) in [6.07, 6.45) is -2.88. The molecule has 0 spiro atoms. The summed E-state index contributed by atoms with van der Waals surface area (Å²) in [5.41, 5.74) is -0.267. The molecule has 1 aliphatic heterocycles. The highest BCUT2D eigenvalue weighted by Crippen LogP contribution is 2.29. The fraction of sp³-hybridized carbons (Fsp3) is 0.350. The van der Waals surface area contributed by atoms with E-state index in [0.717, 1.165) is 25.0 Å². The van der Waals surface area contributed by atoms with Crippen LogP contribution in [-0.2, 0) is 32.3 Å². The number of halogens is 3. The fourth-order valence-electron chi connectivity index (χ4n) is 2.88. The zero-order valence-corrected chi connectivity index (χ0v) is 16.6. The highest BCUT2D eigenvalue weighted by atomic mass is 32.2. The van der Waals surface area contributed by atoms with Crippen LogP contribution in [0, 0.1) is 0 Å². The lowest BCUT2D eigenvalue weighted by molar-refractivity contribution is -0.137. The van der Waals surface area contributed by atoms with Crippen LogP contribution in [0.4, 0.5) is 13.2 Å². The topological polar surface area (TPSA) is 81.7 Å². The molecule has 0 saturated carbocycles. The molecular formula is C20H20F3NO5S. The molecule has 3 rings (SSSR count). The van der Waals surface area contributed by atoms with Gasteiger partial charge in [-0.3, -0.25) is 0 Å². The van der Waals surface area contributed by atoms with Crippen LogP contribution in [-0.4, -0.2) is 33.6 Å². The Morgan fingerprint density at radius 2 is 1.77 bits per heavy atom. The van der Waals surface area contributed by atoms with Crippen molar-refractivity contribution >= 4 is 16.0 Å². The molecule has 6 nitrogen and oxygen atoms in total. The van der Waals surface area contributed by atoms with Gasteiger partial charge in [0.05, 0.1) is 22.1 Å². The molecule has 0 aromatic heterocycles. The number of ether oxygens (including phenoxy) is 2. The van der Waals surface area contributed by atoms with E-state index in [2.05, 4.69) is 4.72 Å². The number of hydrogen-bond donors (Lipinski definition) is 1. The van der Waals surface area contributed by atoms with E-state index in [1.807, 2.05) is 0 Å². The molecule has 1 fully saturated rings. The van der Waals surface area contributed by atoms with Gasteiger partial charge in [-0.05, 0) is 54.8 Å². The third kappa shape index (κ3) is 5.80. The third-order valence-electron chi connectivity index (χ3n) is 4.58. The maximum atomic E-state index is 12.6. The van der Waals surface area contributed by atoms with Gasteiger partial charge in [-0.15, -0.1) is 0 Å². The number of sulfonamides is 1. The summed E-state index contributed by atoms with van der Waals surface area (Å²) in [7, 11) is -3.74. The molecular weight excluding hydrogens is 423 g/mol. The highest BCUT2D eigenvalue weighted by Gasteiger charge is 2.30. The van der Waals surface area contributed by atoms with Crippen molar-refractivity contribution in [1.29, 1.82) is 0 Å². The van der Waals surface area contributed by atoms with Crippen LogP contribution in [0.5, 0.6) is 0 Å². The number of nitrogens with one attached hydrogen (secondary N) is 1. The summed E-state index contributed by atoms with van der Waals surface area (Å²) in [4.78, 5) is 12.1. The van der Waals surface area contributed by atoms with Gasteiger partial charge in [-0.2, -0.15) is 13.2 Å². The second-order valence-corrected chi connectivity index (χ2v) is 8.55. The van der Waals surface area contributed by atoms with Crippen molar-refractivity contribution in [2.45, 2.75) is 36.6 Å². The zero-order chi connectivity index (χ0) is 21.8. The van der Waals surface area contributed by atoms with Gasteiger partial charge >= 0.3 is 12.1 Å². The van der Waals surface area contributed by atoms with Crippen LogP contribution in [0.3, 0.4) is 0 Å². The molecule has 0 bridgehead atoms. The molecule has 30 heavy (non-hydrogen) atoms. The quantitative estimate of drug-likeness (QED) is 0.663. The Bertz CT molecular complexity index is 967. The van der Waals surface area contributed by atoms with Crippen molar-refractivity contribution in [2.75, 3.05) is 13.2 Å². The number of rotatable bonds is 7. The molecule has 2 aromatic carbocycles. The number of carbonyl (C=O) groups is 1. The summed E-state index contributed by atoms with van der Waals surface area (Å²) in [6.45, 7) is 0.592. The van der Waals surface area contributed by atoms with E-state index in [1.165, 1.54) is 36.4 Å². The highest BCUT2D eigenvalue weighted by molar-refractivity contribution is 7.89. The zero-order valence-electron chi connectivity index (χ0n) is 15.8. The summed E-state index contributed by atoms with van der Waals surface area (Å²) in [5.74, 6) is -0.717. The monoisotopic (exact) mass is 443 g/mol. The van der Waals surface area contributed by atoms with Gasteiger partial charge < -0.3 is 9.47 Å². The Kier molecular flexibility index (Phi) is 6.79. The number of benzene rings is 2. The van der Waals surface area contributed by atoms with Crippen LogP contribution in [0.25, 0.3) is 0 Å².